The zero-order valence-corrected chi connectivity index (χ0v) is 23.5. The van der Waals surface area contributed by atoms with Gasteiger partial charge in [-0.05, 0) is 50.5 Å². The third kappa shape index (κ3) is 4.60. The van der Waals surface area contributed by atoms with Crippen LogP contribution in [0.2, 0.25) is 0 Å². The summed E-state index contributed by atoms with van der Waals surface area (Å²) >= 11 is 0. The number of nitrogen functional groups attached to an aromatic ring is 1. The Morgan fingerprint density at radius 3 is 2.50 bits per heavy atom. The molecule has 3 aromatic heterocycles. The number of piperidine rings is 1. The molecule has 5 N–H and O–H groups in total. The number of fused-ring (bicyclic) bond motifs is 2. The van der Waals surface area contributed by atoms with E-state index < -0.39 is 18.6 Å². The normalized spacial score (nSPS) is 14.6. The molecule has 1 saturated heterocycles. The number of likely N-dealkylation sites (tertiary alicyclic amines) is 1. The number of ketones is 1. The molecule has 0 saturated carbocycles. The molecule has 0 atom stereocenters. The first-order valence-electron chi connectivity index (χ1n) is 14.0. The minimum atomic E-state index is -1.23. The van der Waals surface area contributed by atoms with Crippen molar-refractivity contribution in [3.63, 3.8) is 0 Å². The highest BCUT2D eigenvalue weighted by Gasteiger charge is 2.38. The number of nitrogens with zero attached hydrogens (tertiary/aromatic N) is 5. The van der Waals surface area contributed by atoms with Crippen LogP contribution in [0.3, 0.4) is 0 Å². The molecule has 0 spiro atoms. The van der Waals surface area contributed by atoms with Gasteiger partial charge in [-0.15, -0.1) is 0 Å². The number of hydrogen-bond donors (Lipinski definition) is 4. The van der Waals surface area contributed by atoms with Gasteiger partial charge in [0.05, 0.1) is 41.8 Å². The van der Waals surface area contributed by atoms with Gasteiger partial charge in [0.1, 0.15) is 5.82 Å². The molecule has 5 heterocycles. The molecule has 42 heavy (non-hydrogen) atoms. The van der Waals surface area contributed by atoms with Crippen LogP contribution in [0.1, 0.15) is 48.7 Å². The summed E-state index contributed by atoms with van der Waals surface area (Å²) in [5.41, 5.74) is 12.3. The molecule has 11 heteroatoms. The van der Waals surface area contributed by atoms with Crippen molar-refractivity contribution in [1.29, 1.82) is 0 Å². The maximum atomic E-state index is 13.0. The van der Waals surface area contributed by atoms with E-state index in [9.17, 15) is 19.8 Å². The Balaban J connectivity index is 1.32. The Kier molecular flexibility index (Phi) is 6.99. The number of carbonyl (C=O) groups is 2. The van der Waals surface area contributed by atoms with Gasteiger partial charge < -0.3 is 25.8 Å². The van der Waals surface area contributed by atoms with E-state index in [0.717, 1.165) is 33.6 Å². The fourth-order valence-electron chi connectivity index (χ4n) is 5.74. The molecule has 3 aromatic rings. The Hall–Kier alpha value is -4.61. The molecule has 1 aliphatic carbocycles. The van der Waals surface area contributed by atoms with E-state index in [1.807, 2.05) is 30.5 Å². The van der Waals surface area contributed by atoms with Crippen molar-refractivity contribution in [3.05, 3.63) is 66.2 Å². The van der Waals surface area contributed by atoms with E-state index in [-0.39, 0.29) is 23.4 Å². The van der Waals surface area contributed by atoms with Crippen molar-refractivity contribution in [3.8, 4) is 33.6 Å². The molecule has 0 bridgehead atoms. The second-order valence-electron chi connectivity index (χ2n) is 11.3. The van der Waals surface area contributed by atoms with Crippen molar-refractivity contribution in [2.24, 2.45) is 5.41 Å². The minimum absolute atomic E-state index is 0.111. The predicted octanol–water partition coefficient (Wildman–Crippen LogP) is 3.37. The quantitative estimate of drug-likeness (QED) is 0.218. The number of aromatic nitrogens is 5. The lowest BCUT2D eigenvalue weighted by Gasteiger charge is -2.37. The molecule has 1 amide bonds. The summed E-state index contributed by atoms with van der Waals surface area (Å²) in [5.74, 6) is -0.378. The standard InChI is InChI=1S/C31H33N7O4/c1-18(41)26-27(19-8-10-37(11-9-19)30(42)31(2,16-39)17-40)36-29-23(15-35-38(29)28(26)32)21-6-7-25(33-13-21)22-12-20-4-3-5-24(20)34-14-22/h3-7,12-15,19,34,39-40H,8-11,16-17,32H2,1-2H3. The number of aliphatic hydroxyl groups excluding tert-OH is 2. The smallest absolute Gasteiger partial charge is 0.233 e. The van der Waals surface area contributed by atoms with Gasteiger partial charge in [0.2, 0.25) is 5.91 Å². The van der Waals surface area contributed by atoms with Crippen molar-refractivity contribution >= 4 is 23.2 Å². The third-order valence-electron chi connectivity index (χ3n) is 8.36. The van der Waals surface area contributed by atoms with Crippen LogP contribution in [-0.2, 0) is 4.79 Å². The zero-order valence-electron chi connectivity index (χ0n) is 23.5. The number of aliphatic hydroxyl groups is 2. The lowest BCUT2D eigenvalue weighted by atomic mass is 9.86. The second-order valence-corrected chi connectivity index (χ2v) is 11.3. The largest absolute Gasteiger partial charge is 0.395 e. The number of carbonyl (C=O) groups excluding carboxylic acids is 2. The zero-order chi connectivity index (χ0) is 29.6. The van der Waals surface area contributed by atoms with Crippen LogP contribution in [0.25, 0.3) is 39.3 Å². The summed E-state index contributed by atoms with van der Waals surface area (Å²) in [6.45, 7) is 2.96. The van der Waals surface area contributed by atoms with Crippen LogP contribution in [-0.4, -0.2) is 77.7 Å². The van der Waals surface area contributed by atoms with E-state index in [2.05, 4.69) is 22.2 Å². The fraction of sp³-hybridized carbons (Fsp3) is 0.323. The SMILES string of the molecule is CC(=O)c1c(C2CCN(C(=O)C(C)(CO)CO)CC2)nc2c(-c3ccc(-c4c[nH]c5cccc-5c4)nc3)cnn2c1N. The number of pyridine rings is 2. The van der Waals surface area contributed by atoms with E-state index in [4.69, 9.17) is 15.7 Å². The number of nitrogens with two attached hydrogens (primary N) is 1. The average Bonchev–Trinajstić information content (AvgIpc) is 3.67. The third-order valence-corrected chi connectivity index (χ3v) is 8.36. The molecule has 0 unspecified atom stereocenters. The summed E-state index contributed by atoms with van der Waals surface area (Å²) < 4.78 is 1.49. The fourth-order valence-corrected chi connectivity index (χ4v) is 5.74. The van der Waals surface area contributed by atoms with Gasteiger partial charge in [-0.1, -0.05) is 18.2 Å². The Bertz CT molecular complexity index is 1750. The number of aromatic amines is 1. The number of hydrogen-bond acceptors (Lipinski definition) is 8. The minimum Gasteiger partial charge on any atom is -0.395 e. The van der Waals surface area contributed by atoms with Crippen molar-refractivity contribution in [1.82, 2.24) is 29.5 Å². The highest BCUT2D eigenvalue weighted by Crippen LogP contribution is 2.36. The van der Waals surface area contributed by atoms with Crippen molar-refractivity contribution in [2.45, 2.75) is 32.6 Å². The summed E-state index contributed by atoms with van der Waals surface area (Å²) in [7, 11) is 0. The van der Waals surface area contributed by atoms with Gasteiger partial charge in [-0.25, -0.2) is 4.98 Å². The number of anilines is 1. The molecule has 2 aliphatic heterocycles. The Morgan fingerprint density at radius 1 is 1.07 bits per heavy atom. The monoisotopic (exact) mass is 567 g/mol. The molecular weight excluding hydrogens is 534 g/mol. The molecular formula is C31H33N7O4. The van der Waals surface area contributed by atoms with Crippen molar-refractivity contribution < 1.29 is 19.8 Å². The van der Waals surface area contributed by atoms with E-state index in [1.165, 1.54) is 11.4 Å². The summed E-state index contributed by atoms with van der Waals surface area (Å²) in [6.07, 6.45) is 6.52. The van der Waals surface area contributed by atoms with Gasteiger partial charge in [0.25, 0.3) is 0 Å². The highest BCUT2D eigenvalue weighted by molar-refractivity contribution is 6.00. The molecule has 0 radical (unpaired) electrons. The first kappa shape index (κ1) is 27.6. The van der Waals surface area contributed by atoms with Gasteiger partial charge in [-0.3, -0.25) is 14.6 Å². The average molecular weight is 568 g/mol. The van der Waals surface area contributed by atoms with E-state index >= 15 is 0 Å². The Labute approximate surface area is 242 Å². The van der Waals surface area contributed by atoms with Gasteiger partial charge in [0.15, 0.2) is 11.4 Å². The first-order valence-corrected chi connectivity index (χ1v) is 14.0. The van der Waals surface area contributed by atoms with Crippen LogP contribution in [0.15, 0.2) is 55.0 Å². The summed E-state index contributed by atoms with van der Waals surface area (Å²) in [4.78, 5) is 40.3. The molecule has 6 rings (SSSR count). The van der Waals surface area contributed by atoms with Crippen LogP contribution in [0.5, 0.6) is 0 Å². The van der Waals surface area contributed by atoms with E-state index in [1.54, 1.807) is 24.2 Å². The van der Waals surface area contributed by atoms with Gasteiger partial charge >= 0.3 is 0 Å². The predicted molar refractivity (Wildman–Crippen MR) is 158 cm³/mol. The van der Waals surface area contributed by atoms with Gasteiger partial charge in [0, 0.05) is 53.8 Å². The molecule has 3 aliphatic rings. The topological polar surface area (TPSA) is 163 Å². The highest BCUT2D eigenvalue weighted by atomic mass is 16.3. The second kappa shape index (κ2) is 10.7. The van der Waals surface area contributed by atoms with E-state index in [0.29, 0.717) is 42.8 Å². The van der Waals surface area contributed by atoms with Crippen LogP contribution >= 0.6 is 0 Å². The number of H-pyrrole nitrogens is 1. The van der Waals surface area contributed by atoms with Gasteiger partial charge in [-0.2, -0.15) is 9.61 Å². The summed E-state index contributed by atoms with van der Waals surface area (Å²) in [5, 5.41) is 23.8. The molecule has 216 valence electrons. The maximum absolute atomic E-state index is 13.0. The van der Waals surface area contributed by atoms with Crippen LogP contribution < -0.4 is 5.73 Å². The maximum Gasteiger partial charge on any atom is 0.233 e. The molecule has 11 nitrogen and oxygen atoms in total. The van der Waals surface area contributed by atoms with Crippen LogP contribution in [0, 0.1) is 5.41 Å². The molecule has 0 aromatic carbocycles. The molecule has 1 fully saturated rings. The lowest BCUT2D eigenvalue weighted by Crippen LogP contribution is -2.49. The summed E-state index contributed by atoms with van der Waals surface area (Å²) in [6, 6.07) is 12.1. The van der Waals surface area contributed by atoms with Crippen molar-refractivity contribution in [2.75, 3.05) is 32.0 Å². The lowest BCUT2D eigenvalue weighted by molar-refractivity contribution is -0.147. The van der Waals surface area contributed by atoms with Crippen LogP contribution in [0.4, 0.5) is 5.82 Å². The first-order chi connectivity index (χ1) is 20.2. The number of nitrogens with one attached hydrogen (secondary N) is 1. The Morgan fingerprint density at radius 2 is 1.83 bits per heavy atom. The number of rotatable bonds is 7. The number of amides is 1. The number of Topliss-reactive ketones (excluding diaryl/α,β-unsaturated/α-hetero) is 1.